The molecule has 0 fully saturated rings. The van der Waals surface area contributed by atoms with E-state index < -0.39 is 17.5 Å². The van der Waals surface area contributed by atoms with Gasteiger partial charge in [0, 0.05) is 4.90 Å². The molecule has 0 atom stereocenters. The highest BCUT2D eigenvalue weighted by atomic mass is 79.9. The topological polar surface area (TPSA) is 38.3 Å². The van der Waals surface area contributed by atoms with Crippen LogP contribution in [0.4, 0.5) is 14.9 Å². The summed E-state index contributed by atoms with van der Waals surface area (Å²) in [5.74, 6) is -0.580. The summed E-state index contributed by atoms with van der Waals surface area (Å²) in [6.45, 7) is 5.18. The minimum Gasteiger partial charge on any atom is -0.444 e. The molecule has 0 heterocycles. The summed E-state index contributed by atoms with van der Waals surface area (Å²) in [5, 5.41) is 2.33. The number of hydrogen-bond acceptors (Lipinski definition) is 3. The number of ether oxygens (including phenoxy) is 1. The molecule has 6 heteroatoms. The van der Waals surface area contributed by atoms with Crippen LogP contribution in [0.1, 0.15) is 20.8 Å². The van der Waals surface area contributed by atoms with Crippen LogP contribution in [-0.4, -0.2) is 11.7 Å². The quantitative estimate of drug-likeness (QED) is 0.760. The van der Waals surface area contributed by atoms with Gasteiger partial charge in [-0.2, -0.15) is 0 Å². The zero-order chi connectivity index (χ0) is 13.2. The van der Waals surface area contributed by atoms with Gasteiger partial charge in [0.05, 0.1) is 10.2 Å². The lowest BCUT2D eigenvalue weighted by Crippen LogP contribution is -2.27. The second-order valence-electron chi connectivity index (χ2n) is 4.38. The van der Waals surface area contributed by atoms with Crippen LogP contribution in [0.15, 0.2) is 21.5 Å². The van der Waals surface area contributed by atoms with Crippen molar-refractivity contribution in [1.29, 1.82) is 0 Å². The largest absolute Gasteiger partial charge is 0.444 e. The maximum absolute atomic E-state index is 13.7. The van der Waals surface area contributed by atoms with Crippen LogP contribution in [0.5, 0.6) is 0 Å². The number of anilines is 1. The first-order chi connectivity index (χ1) is 7.70. The number of amides is 1. The molecule has 0 saturated heterocycles. The molecule has 1 amide bonds. The second kappa shape index (κ2) is 5.27. The van der Waals surface area contributed by atoms with Gasteiger partial charge in [0.1, 0.15) is 5.60 Å². The smallest absolute Gasteiger partial charge is 0.412 e. The number of carbonyl (C=O) groups excluding carboxylic acids is 1. The molecular formula is C11H13BrFNO2S. The molecule has 0 aliphatic heterocycles. The molecule has 1 aromatic rings. The third kappa shape index (κ3) is 4.20. The van der Waals surface area contributed by atoms with Crippen LogP contribution < -0.4 is 5.32 Å². The third-order valence-electron chi connectivity index (χ3n) is 1.70. The van der Waals surface area contributed by atoms with Gasteiger partial charge < -0.3 is 4.74 Å². The van der Waals surface area contributed by atoms with Crippen LogP contribution in [-0.2, 0) is 4.74 Å². The molecule has 0 aromatic heterocycles. The molecule has 1 N–H and O–H groups in total. The van der Waals surface area contributed by atoms with Crippen molar-refractivity contribution in [3.63, 3.8) is 0 Å². The van der Waals surface area contributed by atoms with E-state index in [0.717, 1.165) is 0 Å². The van der Waals surface area contributed by atoms with E-state index in [2.05, 4.69) is 33.9 Å². The van der Waals surface area contributed by atoms with Crippen LogP contribution in [0, 0.1) is 5.82 Å². The molecule has 17 heavy (non-hydrogen) atoms. The van der Waals surface area contributed by atoms with Gasteiger partial charge in [0.25, 0.3) is 0 Å². The van der Waals surface area contributed by atoms with Crippen molar-refractivity contribution in [3.05, 3.63) is 22.4 Å². The Bertz CT molecular complexity index is 446. The SMILES string of the molecule is CC(C)(C)OC(=O)Nc1c(S)ccc(Br)c1F. The molecule has 1 rings (SSSR count). The van der Waals surface area contributed by atoms with E-state index in [-0.39, 0.29) is 10.2 Å². The average Bonchev–Trinajstić information content (AvgIpc) is 2.16. The highest BCUT2D eigenvalue weighted by Gasteiger charge is 2.19. The normalized spacial score (nSPS) is 11.2. The second-order valence-corrected chi connectivity index (χ2v) is 5.72. The number of hydrogen-bond donors (Lipinski definition) is 2. The van der Waals surface area contributed by atoms with Crippen molar-refractivity contribution in [2.45, 2.75) is 31.3 Å². The third-order valence-corrected chi connectivity index (χ3v) is 2.68. The first-order valence-electron chi connectivity index (χ1n) is 4.87. The maximum atomic E-state index is 13.7. The van der Waals surface area contributed by atoms with E-state index in [4.69, 9.17) is 4.74 Å². The first kappa shape index (κ1) is 14.3. The number of halogens is 2. The van der Waals surface area contributed by atoms with Gasteiger partial charge in [-0.05, 0) is 48.8 Å². The molecule has 0 bridgehead atoms. The molecule has 0 unspecified atom stereocenters. The van der Waals surface area contributed by atoms with Crippen LogP contribution in [0.25, 0.3) is 0 Å². The summed E-state index contributed by atoms with van der Waals surface area (Å²) in [5.41, 5.74) is -0.638. The lowest BCUT2D eigenvalue weighted by atomic mass is 10.2. The zero-order valence-electron chi connectivity index (χ0n) is 9.67. The Morgan fingerprint density at radius 1 is 1.47 bits per heavy atom. The highest BCUT2D eigenvalue weighted by molar-refractivity contribution is 9.10. The lowest BCUT2D eigenvalue weighted by molar-refractivity contribution is 0.0635. The minimum absolute atomic E-state index is 0.00282. The lowest BCUT2D eigenvalue weighted by Gasteiger charge is -2.20. The summed E-state index contributed by atoms with van der Waals surface area (Å²) in [7, 11) is 0. The number of benzene rings is 1. The molecule has 0 aliphatic carbocycles. The molecule has 0 spiro atoms. The van der Waals surface area contributed by atoms with Gasteiger partial charge >= 0.3 is 6.09 Å². The fourth-order valence-corrected chi connectivity index (χ4v) is 1.62. The predicted octanol–water partition coefficient (Wildman–Crippen LogP) is 4.22. The van der Waals surface area contributed by atoms with Crippen molar-refractivity contribution in [1.82, 2.24) is 0 Å². The molecule has 1 aromatic carbocycles. The minimum atomic E-state index is -0.718. The van der Waals surface area contributed by atoms with Crippen LogP contribution >= 0.6 is 28.6 Å². The van der Waals surface area contributed by atoms with Crippen LogP contribution in [0.3, 0.4) is 0 Å². The Morgan fingerprint density at radius 2 is 2.06 bits per heavy atom. The molecule has 0 saturated carbocycles. The van der Waals surface area contributed by atoms with Gasteiger partial charge in [-0.15, -0.1) is 12.6 Å². The molecule has 0 radical (unpaired) electrons. The first-order valence-corrected chi connectivity index (χ1v) is 6.11. The van der Waals surface area contributed by atoms with E-state index in [1.807, 2.05) is 0 Å². The Kier molecular flexibility index (Phi) is 4.43. The van der Waals surface area contributed by atoms with Crippen LogP contribution in [0.2, 0.25) is 0 Å². The maximum Gasteiger partial charge on any atom is 0.412 e. The predicted molar refractivity (Wildman–Crippen MR) is 71.2 cm³/mol. The van der Waals surface area contributed by atoms with Crippen molar-refractivity contribution in [3.8, 4) is 0 Å². The van der Waals surface area contributed by atoms with Crippen molar-refractivity contribution in [2.75, 3.05) is 5.32 Å². The Labute approximate surface area is 113 Å². The van der Waals surface area contributed by atoms with Gasteiger partial charge in [-0.25, -0.2) is 9.18 Å². The Morgan fingerprint density at radius 3 is 2.59 bits per heavy atom. The zero-order valence-corrected chi connectivity index (χ0v) is 12.2. The number of thiol groups is 1. The van der Waals surface area contributed by atoms with Gasteiger partial charge in [0.15, 0.2) is 5.82 Å². The Balaban J connectivity index is 2.89. The number of nitrogens with one attached hydrogen (secondary N) is 1. The van der Waals surface area contributed by atoms with E-state index in [0.29, 0.717) is 4.90 Å². The molecule has 0 aliphatic rings. The Hall–Kier alpha value is -0.750. The van der Waals surface area contributed by atoms with Gasteiger partial charge in [-0.1, -0.05) is 0 Å². The summed E-state index contributed by atoms with van der Waals surface area (Å²) in [6, 6.07) is 3.08. The van der Waals surface area contributed by atoms with Crippen molar-refractivity contribution in [2.24, 2.45) is 0 Å². The number of carbonyl (C=O) groups is 1. The average molecular weight is 322 g/mol. The van der Waals surface area contributed by atoms with Crippen molar-refractivity contribution < 1.29 is 13.9 Å². The van der Waals surface area contributed by atoms with Gasteiger partial charge in [0.2, 0.25) is 0 Å². The summed E-state index contributed by atoms with van der Waals surface area (Å²) in [6.07, 6.45) is -0.718. The number of rotatable bonds is 1. The van der Waals surface area contributed by atoms with E-state index >= 15 is 0 Å². The highest BCUT2D eigenvalue weighted by Crippen LogP contribution is 2.29. The van der Waals surface area contributed by atoms with Gasteiger partial charge in [-0.3, -0.25) is 5.32 Å². The van der Waals surface area contributed by atoms with Crippen molar-refractivity contribution >= 4 is 40.3 Å². The monoisotopic (exact) mass is 321 g/mol. The molecular weight excluding hydrogens is 309 g/mol. The summed E-state index contributed by atoms with van der Waals surface area (Å²) in [4.78, 5) is 11.8. The standard InChI is InChI=1S/C11H13BrFNO2S/c1-11(2,3)16-10(15)14-9-7(17)5-4-6(12)8(9)13/h4-5,17H,1-3H3,(H,14,15). The fourth-order valence-electron chi connectivity index (χ4n) is 1.07. The van der Waals surface area contributed by atoms with E-state index in [1.165, 1.54) is 6.07 Å². The summed E-state index contributed by atoms with van der Waals surface area (Å²) >= 11 is 7.10. The van der Waals surface area contributed by atoms with E-state index in [1.54, 1.807) is 26.8 Å². The summed E-state index contributed by atoms with van der Waals surface area (Å²) < 4.78 is 19.0. The molecule has 94 valence electrons. The molecule has 3 nitrogen and oxygen atoms in total. The van der Waals surface area contributed by atoms with E-state index in [9.17, 15) is 9.18 Å². The fraction of sp³-hybridized carbons (Fsp3) is 0.364.